The highest BCUT2D eigenvalue weighted by Gasteiger charge is 2.03. The Bertz CT molecular complexity index is 682. The zero-order valence-electron chi connectivity index (χ0n) is 13.5. The van der Waals surface area contributed by atoms with Gasteiger partial charge in [-0.05, 0) is 50.2 Å². The molecule has 0 N–H and O–H groups in total. The van der Waals surface area contributed by atoms with Crippen molar-refractivity contribution in [2.24, 2.45) is 10.2 Å². The number of rotatable bonds is 7. The van der Waals surface area contributed by atoms with E-state index in [1.54, 1.807) is 12.4 Å². The van der Waals surface area contributed by atoms with E-state index in [2.05, 4.69) is 42.1 Å². The monoisotopic (exact) mass is 452 g/mol. The van der Waals surface area contributed by atoms with Gasteiger partial charge in [0, 0.05) is 20.1 Å². The molecular weight excluding hydrogens is 436 g/mol. The second-order valence-electron chi connectivity index (χ2n) is 4.72. The Morgan fingerprint density at radius 3 is 1.58 bits per heavy atom. The fourth-order valence-electron chi connectivity index (χ4n) is 2.01. The Kier molecular flexibility index (Phi) is 7.46. The Morgan fingerprint density at radius 1 is 0.792 bits per heavy atom. The molecule has 0 unspecified atom stereocenters. The number of benzene rings is 2. The maximum Gasteiger partial charge on any atom is 0.128 e. The van der Waals surface area contributed by atoms with Gasteiger partial charge in [0.15, 0.2) is 0 Å². The van der Waals surface area contributed by atoms with E-state index in [4.69, 9.17) is 9.47 Å². The lowest BCUT2D eigenvalue weighted by atomic mass is 10.2. The van der Waals surface area contributed by atoms with E-state index in [9.17, 15) is 0 Å². The Labute approximate surface area is 158 Å². The molecule has 4 nitrogen and oxygen atoms in total. The minimum absolute atomic E-state index is 0.599. The summed E-state index contributed by atoms with van der Waals surface area (Å²) in [7, 11) is 0. The second kappa shape index (κ2) is 9.59. The summed E-state index contributed by atoms with van der Waals surface area (Å²) in [6, 6.07) is 11.5. The minimum Gasteiger partial charge on any atom is -0.493 e. The molecule has 2 rings (SSSR count). The maximum absolute atomic E-state index is 5.58. The van der Waals surface area contributed by atoms with Gasteiger partial charge in [-0.25, -0.2) is 0 Å². The number of halogens is 2. The Morgan fingerprint density at radius 2 is 1.21 bits per heavy atom. The molecule has 0 bridgehead atoms. The smallest absolute Gasteiger partial charge is 0.128 e. The summed E-state index contributed by atoms with van der Waals surface area (Å²) < 4.78 is 13.1. The first kappa shape index (κ1) is 18.7. The first-order chi connectivity index (χ1) is 11.6. The normalized spacial score (nSPS) is 11.3. The lowest BCUT2D eigenvalue weighted by molar-refractivity contribution is 0.339. The van der Waals surface area contributed by atoms with Crippen molar-refractivity contribution in [3.63, 3.8) is 0 Å². The molecule has 0 aliphatic rings. The summed E-state index contributed by atoms with van der Waals surface area (Å²) in [5.41, 5.74) is 1.73. The van der Waals surface area contributed by atoms with Gasteiger partial charge in [0.1, 0.15) is 11.5 Å². The Hall–Kier alpha value is -1.66. The number of hydrogen-bond acceptors (Lipinski definition) is 4. The standard InChI is InChI=1S/C18H18Br2N2O2/c1-3-23-17-7-5-15(19)9-13(17)11-21-22-12-14-10-16(20)6-8-18(14)24-4-2/h5-12H,3-4H2,1-2H3/b21-11+,22-12+. The molecule has 2 aromatic rings. The summed E-state index contributed by atoms with van der Waals surface area (Å²) in [5, 5.41) is 8.25. The van der Waals surface area contributed by atoms with Crippen molar-refractivity contribution in [1.29, 1.82) is 0 Å². The molecule has 0 aliphatic heterocycles. The molecule has 6 heteroatoms. The fourth-order valence-corrected chi connectivity index (χ4v) is 2.76. The maximum atomic E-state index is 5.58. The lowest BCUT2D eigenvalue weighted by Crippen LogP contribution is -1.96. The molecule has 0 aliphatic carbocycles. The van der Waals surface area contributed by atoms with Crippen LogP contribution in [0.15, 0.2) is 55.5 Å². The van der Waals surface area contributed by atoms with Crippen LogP contribution in [-0.4, -0.2) is 25.6 Å². The van der Waals surface area contributed by atoms with E-state index >= 15 is 0 Å². The molecule has 0 aromatic heterocycles. The predicted octanol–water partition coefficient (Wildman–Crippen LogP) is 5.46. The van der Waals surface area contributed by atoms with Crippen LogP contribution < -0.4 is 9.47 Å². The van der Waals surface area contributed by atoms with Gasteiger partial charge in [0.05, 0.1) is 25.6 Å². The highest BCUT2D eigenvalue weighted by molar-refractivity contribution is 9.10. The molecule has 0 saturated heterocycles. The van der Waals surface area contributed by atoms with E-state index in [1.165, 1.54) is 0 Å². The average molecular weight is 454 g/mol. The highest BCUT2D eigenvalue weighted by Crippen LogP contribution is 2.23. The zero-order chi connectivity index (χ0) is 17.4. The molecule has 0 amide bonds. The van der Waals surface area contributed by atoms with E-state index in [1.807, 2.05) is 50.2 Å². The van der Waals surface area contributed by atoms with E-state index < -0.39 is 0 Å². The van der Waals surface area contributed by atoms with Crippen LogP contribution in [0.2, 0.25) is 0 Å². The Balaban J connectivity index is 2.18. The van der Waals surface area contributed by atoms with Gasteiger partial charge < -0.3 is 9.47 Å². The van der Waals surface area contributed by atoms with Crippen LogP contribution in [0.1, 0.15) is 25.0 Å². The van der Waals surface area contributed by atoms with Gasteiger partial charge in [-0.3, -0.25) is 0 Å². The third-order valence-electron chi connectivity index (χ3n) is 3.00. The highest BCUT2D eigenvalue weighted by atomic mass is 79.9. The summed E-state index contributed by atoms with van der Waals surface area (Å²) in [6.45, 7) is 5.09. The lowest BCUT2D eigenvalue weighted by Gasteiger charge is -2.07. The SMILES string of the molecule is CCOc1ccc(Br)cc1/C=N/N=C/c1cc(Br)ccc1OCC. The van der Waals surface area contributed by atoms with Crippen molar-refractivity contribution < 1.29 is 9.47 Å². The van der Waals surface area contributed by atoms with Crippen molar-refractivity contribution in [2.75, 3.05) is 13.2 Å². The van der Waals surface area contributed by atoms with Gasteiger partial charge in [0.2, 0.25) is 0 Å². The molecule has 126 valence electrons. The van der Waals surface area contributed by atoms with E-state index in [-0.39, 0.29) is 0 Å². The number of nitrogens with zero attached hydrogens (tertiary/aromatic N) is 2. The van der Waals surface area contributed by atoms with E-state index in [0.29, 0.717) is 13.2 Å². The third kappa shape index (κ3) is 5.46. The second-order valence-corrected chi connectivity index (χ2v) is 6.55. The minimum atomic E-state index is 0.599. The van der Waals surface area contributed by atoms with Crippen molar-refractivity contribution in [3.8, 4) is 11.5 Å². The zero-order valence-corrected chi connectivity index (χ0v) is 16.7. The molecule has 0 saturated carbocycles. The average Bonchev–Trinajstić information content (AvgIpc) is 2.56. The fraction of sp³-hybridized carbons (Fsp3) is 0.222. The molecule has 0 fully saturated rings. The van der Waals surface area contributed by atoms with Crippen LogP contribution in [0, 0.1) is 0 Å². The van der Waals surface area contributed by atoms with Crippen LogP contribution in [0.3, 0.4) is 0 Å². The largest absolute Gasteiger partial charge is 0.493 e. The molecule has 2 aromatic carbocycles. The summed E-state index contributed by atoms with van der Waals surface area (Å²) in [6.07, 6.45) is 3.34. The summed E-state index contributed by atoms with van der Waals surface area (Å²) >= 11 is 6.90. The first-order valence-corrected chi connectivity index (χ1v) is 9.13. The number of ether oxygens (including phenoxy) is 2. The topological polar surface area (TPSA) is 43.2 Å². The predicted molar refractivity (Wildman–Crippen MR) is 106 cm³/mol. The third-order valence-corrected chi connectivity index (χ3v) is 3.99. The van der Waals surface area contributed by atoms with E-state index in [0.717, 1.165) is 31.6 Å². The first-order valence-electron chi connectivity index (χ1n) is 7.55. The number of hydrogen-bond donors (Lipinski definition) is 0. The van der Waals surface area contributed by atoms with Crippen LogP contribution in [-0.2, 0) is 0 Å². The summed E-state index contributed by atoms with van der Waals surface area (Å²) in [5.74, 6) is 1.55. The molecule has 0 radical (unpaired) electrons. The molecular formula is C18H18Br2N2O2. The van der Waals surface area contributed by atoms with Crippen molar-refractivity contribution in [3.05, 3.63) is 56.5 Å². The molecule has 0 heterocycles. The van der Waals surface area contributed by atoms with Gasteiger partial charge in [-0.15, -0.1) is 0 Å². The van der Waals surface area contributed by atoms with Crippen molar-refractivity contribution >= 4 is 44.3 Å². The molecule has 24 heavy (non-hydrogen) atoms. The molecule has 0 spiro atoms. The van der Waals surface area contributed by atoms with Crippen LogP contribution in [0.25, 0.3) is 0 Å². The molecule has 0 atom stereocenters. The quantitative estimate of drug-likeness (QED) is 0.412. The summed E-state index contributed by atoms with van der Waals surface area (Å²) in [4.78, 5) is 0. The van der Waals surface area contributed by atoms with Gasteiger partial charge >= 0.3 is 0 Å². The van der Waals surface area contributed by atoms with Crippen molar-refractivity contribution in [1.82, 2.24) is 0 Å². The van der Waals surface area contributed by atoms with Crippen molar-refractivity contribution in [2.45, 2.75) is 13.8 Å². The van der Waals surface area contributed by atoms with Crippen LogP contribution in [0.5, 0.6) is 11.5 Å². The van der Waals surface area contributed by atoms with Gasteiger partial charge in [-0.2, -0.15) is 10.2 Å². The van der Waals surface area contributed by atoms with Gasteiger partial charge in [0.25, 0.3) is 0 Å². The van der Waals surface area contributed by atoms with Crippen LogP contribution >= 0.6 is 31.9 Å². The van der Waals surface area contributed by atoms with Gasteiger partial charge in [-0.1, -0.05) is 31.9 Å². The van der Waals surface area contributed by atoms with Crippen LogP contribution in [0.4, 0.5) is 0 Å².